The molecular formula is C17H22N2O2. The molecule has 0 aliphatic heterocycles. The van der Waals surface area contributed by atoms with Crippen molar-refractivity contribution in [3.8, 4) is 6.07 Å². The van der Waals surface area contributed by atoms with Crippen LogP contribution < -0.4 is 5.32 Å². The lowest BCUT2D eigenvalue weighted by Gasteiger charge is -2.34. The summed E-state index contributed by atoms with van der Waals surface area (Å²) in [5.41, 5.74) is 0.188. The number of benzene rings is 1. The maximum absolute atomic E-state index is 11.9. The second-order valence-corrected chi connectivity index (χ2v) is 5.73. The van der Waals surface area contributed by atoms with Crippen molar-refractivity contribution in [1.82, 2.24) is 5.32 Å². The SMILES string of the molecule is CCC1CCC(C#N)(NC(=O)OCc2ccccc2)CC1. The summed E-state index contributed by atoms with van der Waals surface area (Å²) in [6.07, 6.45) is 4.03. The number of rotatable bonds is 4. The number of ether oxygens (including phenoxy) is 1. The molecule has 4 heteroatoms. The Morgan fingerprint density at radius 3 is 2.62 bits per heavy atom. The van der Waals surface area contributed by atoms with Crippen molar-refractivity contribution in [2.24, 2.45) is 5.92 Å². The molecule has 0 radical (unpaired) electrons. The number of carbonyl (C=O) groups is 1. The first-order chi connectivity index (χ1) is 10.2. The van der Waals surface area contributed by atoms with Crippen molar-refractivity contribution < 1.29 is 9.53 Å². The molecule has 0 atom stereocenters. The maximum atomic E-state index is 11.9. The summed E-state index contributed by atoms with van der Waals surface area (Å²) in [4.78, 5) is 11.9. The minimum Gasteiger partial charge on any atom is -0.445 e. The average molecular weight is 286 g/mol. The van der Waals surface area contributed by atoms with Gasteiger partial charge in [0.1, 0.15) is 12.1 Å². The molecule has 1 saturated carbocycles. The van der Waals surface area contributed by atoms with Crippen LogP contribution in [0.2, 0.25) is 0 Å². The first-order valence-corrected chi connectivity index (χ1v) is 7.57. The number of nitrogens with zero attached hydrogens (tertiary/aromatic N) is 1. The van der Waals surface area contributed by atoms with Gasteiger partial charge in [-0.05, 0) is 37.2 Å². The quantitative estimate of drug-likeness (QED) is 0.916. The van der Waals surface area contributed by atoms with E-state index in [1.165, 1.54) is 0 Å². The van der Waals surface area contributed by atoms with Crippen molar-refractivity contribution in [1.29, 1.82) is 5.26 Å². The number of amides is 1. The third-order valence-corrected chi connectivity index (χ3v) is 4.30. The van der Waals surface area contributed by atoms with Crippen LogP contribution in [0.15, 0.2) is 30.3 Å². The molecule has 1 aromatic rings. The zero-order valence-corrected chi connectivity index (χ0v) is 12.5. The highest BCUT2D eigenvalue weighted by molar-refractivity contribution is 5.69. The molecule has 2 rings (SSSR count). The monoisotopic (exact) mass is 286 g/mol. The van der Waals surface area contributed by atoms with Gasteiger partial charge in [-0.1, -0.05) is 43.7 Å². The van der Waals surface area contributed by atoms with E-state index in [9.17, 15) is 10.1 Å². The Hall–Kier alpha value is -2.02. The molecular weight excluding hydrogens is 264 g/mol. The molecule has 1 fully saturated rings. The van der Waals surface area contributed by atoms with Crippen LogP contribution in [-0.4, -0.2) is 11.6 Å². The Balaban J connectivity index is 1.85. The van der Waals surface area contributed by atoms with Gasteiger partial charge in [0, 0.05) is 0 Å². The van der Waals surface area contributed by atoms with Gasteiger partial charge in [0.15, 0.2) is 0 Å². The Kier molecular flexibility index (Phi) is 5.21. The van der Waals surface area contributed by atoms with E-state index in [1.54, 1.807) is 0 Å². The molecule has 0 bridgehead atoms. The van der Waals surface area contributed by atoms with Gasteiger partial charge in [-0.3, -0.25) is 0 Å². The van der Waals surface area contributed by atoms with Crippen LogP contribution >= 0.6 is 0 Å². The lowest BCUT2D eigenvalue weighted by atomic mass is 9.76. The number of hydrogen-bond donors (Lipinski definition) is 1. The first kappa shape index (κ1) is 15.4. The highest BCUT2D eigenvalue weighted by atomic mass is 16.5. The maximum Gasteiger partial charge on any atom is 0.408 e. The van der Waals surface area contributed by atoms with E-state index in [1.807, 2.05) is 30.3 Å². The Morgan fingerprint density at radius 2 is 2.05 bits per heavy atom. The van der Waals surface area contributed by atoms with Crippen molar-refractivity contribution in [2.45, 2.75) is 51.2 Å². The molecule has 1 amide bonds. The van der Waals surface area contributed by atoms with Crippen molar-refractivity contribution in [3.05, 3.63) is 35.9 Å². The summed E-state index contributed by atoms with van der Waals surface area (Å²) >= 11 is 0. The van der Waals surface area contributed by atoms with Crippen LogP contribution in [0.1, 0.15) is 44.6 Å². The predicted octanol–water partition coefficient (Wildman–Crippen LogP) is 3.78. The molecule has 21 heavy (non-hydrogen) atoms. The number of hydrogen-bond acceptors (Lipinski definition) is 3. The summed E-state index contributed by atoms with van der Waals surface area (Å²) in [5, 5.41) is 12.2. The lowest BCUT2D eigenvalue weighted by Crippen LogP contribution is -2.49. The average Bonchev–Trinajstić information content (AvgIpc) is 2.54. The van der Waals surface area contributed by atoms with Crippen molar-refractivity contribution >= 4 is 6.09 Å². The van der Waals surface area contributed by atoms with E-state index in [0.717, 1.165) is 24.8 Å². The van der Waals surface area contributed by atoms with Gasteiger partial charge in [0.05, 0.1) is 6.07 Å². The standard InChI is InChI=1S/C17H22N2O2/c1-2-14-8-10-17(13-18,11-9-14)19-16(20)21-12-15-6-4-3-5-7-15/h3-7,14H,2,8-12H2,1H3,(H,19,20). The van der Waals surface area contributed by atoms with Crippen LogP contribution in [0.5, 0.6) is 0 Å². The van der Waals surface area contributed by atoms with E-state index in [-0.39, 0.29) is 6.61 Å². The van der Waals surface area contributed by atoms with Crippen LogP contribution in [0.3, 0.4) is 0 Å². The second-order valence-electron chi connectivity index (χ2n) is 5.73. The number of nitriles is 1. The topological polar surface area (TPSA) is 62.1 Å². The molecule has 1 aliphatic carbocycles. The van der Waals surface area contributed by atoms with Crippen LogP contribution in [0.4, 0.5) is 4.79 Å². The molecule has 1 aliphatic rings. The number of nitrogens with one attached hydrogen (secondary N) is 1. The van der Waals surface area contributed by atoms with Crippen molar-refractivity contribution in [2.75, 3.05) is 0 Å². The van der Waals surface area contributed by atoms with Crippen LogP contribution in [0, 0.1) is 17.2 Å². The normalized spacial score (nSPS) is 24.9. The molecule has 0 spiro atoms. The van der Waals surface area contributed by atoms with Crippen LogP contribution in [-0.2, 0) is 11.3 Å². The minimum atomic E-state index is -0.751. The first-order valence-electron chi connectivity index (χ1n) is 7.57. The minimum absolute atomic E-state index is 0.228. The molecule has 4 nitrogen and oxygen atoms in total. The molecule has 0 saturated heterocycles. The van der Waals surface area contributed by atoms with Crippen LogP contribution in [0.25, 0.3) is 0 Å². The fourth-order valence-electron chi connectivity index (χ4n) is 2.80. The van der Waals surface area contributed by atoms with E-state index in [0.29, 0.717) is 18.8 Å². The molecule has 0 aromatic heterocycles. The number of carbonyl (C=O) groups excluding carboxylic acids is 1. The van der Waals surface area contributed by atoms with E-state index >= 15 is 0 Å². The number of alkyl carbamates (subject to hydrolysis) is 1. The second kappa shape index (κ2) is 7.12. The predicted molar refractivity (Wildman–Crippen MR) is 80.4 cm³/mol. The van der Waals surface area contributed by atoms with Gasteiger partial charge >= 0.3 is 6.09 Å². The van der Waals surface area contributed by atoms with Gasteiger partial charge in [-0.25, -0.2) is 4.79 Å². The van der Waals surface area contributed by atoms with Gasteiger partial charge in [0.2, 0.25) is 0 Å². The molecule has 112 valence electrons. The summed E-state index contributed by atoms with van der Waals surface area (Å²) < 4.78 is 5.21. The molecule has 0 unspecified atom stereocenters. The summed E-state index contributed by atoms with van der Waals surface area (Å²) in [5.74, 6) is 0.675. The lowest BCUT2D eigenvalue weighted by molar-refractivity contribution is 0.122. The Morgan fingerprint density at radius 1 is 1.38 bits per heavy atom. The largest absolute Gasteiger partial charge is 0.445 e. The summed E-state index contributed by atoms with van der Waals surface area (Å²) in [7, 11) is 0. The zero-order valence-electron chi connectivity index (χ0n) is 12.5. The fourth-order valence-corrected chi connectivity index (χ4v) is 2.80. The van der Waals surface area contributed by atoms with Gasteiger partial charge in [-0.2, -0.15) is 5.26 Å². The van der Waals surface area contributed by atoms with E-state index < -0.39 is 11.6 Å². The zero-order chi connectivity index (χ0) is 15.1. The van der Waals surface area contributed by atoms with E-state index in [4.69, 9.17) is 4.74 Å². The van der Waals surface area contributed by atoms with Gasteiger partial charge < -0.3 is 10.1 Å². The fraction of sp³-hybridized carbons (Fsp3) is 0.529. The third kappa shape index (κ3) is 4.22. The van der Waals surface area contributed by atoms with Crippen molar-refractivity contribution in [3.63, 3.8) is 0 Å². The summed E-state index contributed by atoms with van der Waals surface area (Å²) in [6.45, 7) is 2.40. The highest BCUT2D eigenvalue weighted by Gasteiger charge is 2.36. The molecule has 0 heterocycles. The Labute approximate surface area is 126 Å². The smallest absolute Gasteiger partial charge is 0.408 e. The van der Waals surface area contributed by atoms with Gasteiger partial charge in [0.25, 0.3) is 0 Å². The van der Waals surface area contributed by atoms with Gasteiger partial charge in [-0.15, -0.1) is 0 Å². The molecule has 1 aromatic carbocycles. The van der Waals surface area contributed by atoms with E-state index in [2.05, 4.69) is 18.3 Å². The third-order valence-electron chi connectivity index (χ3n) is 4.30. The summed E-state index contributed by atoms with van der Waals surface area (Å²) in [6, 6.07) is 11.8. The molecule has 1 N–H and O–H groups in total. The highest BCUT2D eigenvalue weighted by Crippen LogP contribution is 2.33. The Bertz CT molecular complexity index is 499.